The Kier molecular flexibility index (Phi) is 3.87. The van der Waals surface area contributed by atoms with Crippen LogP contribution in [0.25, 0.3) is 10.9 Å². The first-order chi connectivity index (χ1) is 10.8. The highest BCUT2D eigenvalue weighted by Crippen LogP contribution is 2.25. The molecule has 1 amide bonds. The highest BCUT2D eigenvalue weighted by atomic mass is 16.5. The number of H-pyrrole nitrogens is 1. The minimum Gasteiger partial charge on any atom is -0.490 e. The number of benzene rings is 2. The average Bonchev–Trinajstić information content (AvgIpc) is 2.96. The number of hydrogen-bond acceptors (Lipinski definition) is 3. The van der Waals surface area contributed by atoms with E-state index in [0.717, 1.165) is 10.9 Å². The number of aromatic nitrogens is 2. The molecule has 3 aromatic rings. The zero-order valence-electron chi connectivity index (χ0n) is 11.9. The lowest BCUT2D eigenvalue weighted by molar-refractivity contribution is 0.102. The lowest BCUT2D eigenvalue weighted by atomic mass is 10.2. The summed E-state index contributed by atoms with van der Waals surface area (Å²) in [5.74, 6) is 0.975. The van der Waals surface area contributed by atoms with Crippen molar-refractivity contribution in [2.45, 2.75) is 0 Å². The number of carbonyl (C=O) groups is 1. The maximum Gasteiger partial charge on any atom is 0.256 e. The van der Waals surface area contributed by atoms with E-state index < -0.39 is 0 Å². The monoisotopic (exact) mass is 293 g/mol. The number of ether oxygens (including phenoxy) is 1. The fourth-order valence-corrected chi connectivity index (χ4v) is 2.10. The number of carbonyl (C=O) groups excluding carboxylic acids is 1. The number of rotatable bonds is 5. The van der Waals surface area contributed by atoms with Crippen molar-refractivity contribution in [3.63, 3.8) is 0 Å². The topological polar surface area (TPSA) is 67.0 Å². The maximum absolute atomic E-state index is 12.2. The first-order valence-corrected chi connectivity index (χ1v) is 6.86. The molecule has 3 rings (SSSR count). The lowest BCUT2D eigenvalue weighted by Gasteiger charge is -2.04. The highest BCUT2D eigenvalue weighted by molar-refractivity contribution is 6.07. The van der Waals surface area contributed by atoms with Gasteiger partial charge in [-0.05, 0) is 30.3 Å². The Balaban J connectivity index is 1.87. The molecule has 1 heterocycles. The molecule has 5 heteroatoms. The lowest BCUT2D eigenvalue weighted by Crippen LogP contribution is -2.12. The van der Waals surface area contributed by atoms with E-state index >= 15 is 0 Å². The van der Waals surface area contributed by atoms with Crippen LogP contribution < -0.4 is 10.1 Å². The van der Waals surface area contributed by atoms with Gasteiger partial charge >= 0.3 is 0 Å². The van der Waals surface area contributed by atoms with Gasteiger partial charge in [0.2, 0.25) is 0 Å². The first-order valence-electron chi connectivity index (χ1n) is 6.86. The Bertz CT molecular complexity index is 809. The molecule has 5 nitrogen and oxygen atoms in total. The Morgan fingerprint density at radius 1 is 1.27 bits per heavy atom. The summed E-state index contributed by atoms with van der Waals surface area (Å²) in [6, 6.07) is 14.5. The Morgan fingerprint density at radius 2 is 2.09 bits per heavy atom. The third-order valence-electron chi connectivity index (χ3n) is 3.17. The molecule has 0 radical (unpaired) electrons. The molecule has 0 atom stereocenters. The van der Waals surface area contributed by atoms with Crippen LogP contribution in [0.4, 0.5) is 5.82 Å². The van der Waals surface area contributed by atoms with Crippen LogP contribution in [0.5, 0.6) is 5.75 Å². The number of anilines is 1. The Labute approximate surface area is 127 Å². The van der Waals surface area contributed by atoms with E-state index in [1.807, 2.05) is 36.4 Å². The predicted molar refractivity (Wildman–Crippen MR) is 86.2 cm³/mol. The molecule has 22 heavy (non-hydrogen) atoms. The zero-order chi connectivity index (χ0) is 15.4. The molecule has 2 aromatic carbocycles. The summed E-state index contributed by atoms with van der Waals surface area (Å²) in [5, 5.41) is 10.6. The summed E-state index contributed by atoms with van der Waals surface area (Å²) in [4.78, 5) is 12.2. The number of fused-ring (bicyclic) bond motifs is 1. The van der Waals surface area contributed by atoms with Crippen LogP contribution in [0, 0.1) is 0 Å². The van der Waals surface area contributed by atoms with Crippen molar-refractivity contribution in [3.05, 3.63) is 66.7 Å². The van der Waals surface area contributed by atoms with Crippen molar-refractivity contribution < 1.29 is 9.53 Å². The van der Waals surface area contributed by atoms with E-state index in [0.29, 0.717) is 23.7 Å². The van der Waals surface area contributed by atoms with Gasteiger partial charge in [-0.1, -0.05) is 30.9 Å². The largest absolute Gasteiger partial charge is 0.490 e. The summed E-state index contributed by atoms with van der Waals surface area (Å²) in [6.45, 7) is 4.04. The molecule has 0 bridgehead atoms. The van der Waals surface area contributed by atoms with Crippen molar-refractivity contribution in [3.8, 4) is 5.75 Å². The predicted octanol–water partition coefficient (Wildman–Crippen LogP) is 3.38. The molecule has 0 unspecified atom stereocenters. The van der Waals surface area contributed by atoms with Crippen molar-refractivity contribution in [1.82, 2.24) is 10.2 Å². The maximum atomic E-state index is 12.2. The van der Waals surface area contributed by atoms with E-state index in [9.17, 15) is 4.79 Å². The van der Waals surface area contributed by atoms with Gasteiger partial charge in [0.15, 0.2) is 5.82 Å². The Hall–Kier alpha value is -3.08. The quantitative estimate of drug-likeness (QED) is 0.709. The van der Waals surface area contributed by atoms with Gasteiger partial charge in [-0.3, -0.25) is 9.89 Å². The second kappa shape index (κ2) is 6.13. The molecule has 0 spiro atoms. The van der Waals surface area contributed by atoms with Crippen molar-refractivity contribution in [2.75, 3.05) is 11.9 Å². The average molecular weight is 293 g/mol. The van der Waals surface area contributed by atoms with E-state index in [4.69, 9.17) is 4.74 Å². The van der Waals surface area contributed by atoms with Crippen LogP contribution in [-0.4, -0.2) is 22.7 Å². The van der Waals surface area contributed by atoms with E-state index in [-0.39, 0.29) is 5.91 Å². The third-order valence-corrected chi connectivity index (χ3v) is 3.17. The van der Waals surface area contributed by atoms with Crippen LogP contribution in [0.15, 0.2) is 61.2 Å². The minimum atomic E-state index is -0.202. The molecule has 0 saturated heterocycles. The number of aromatic amines is 1. The van der Waals surface area contributed by atoms with Gasteiger partial charge < -0.3 is 10.1 Å². The molecule has 0 aliphatic carbocycles. The molecule has 2 N–H and O–H groups in total. The first kappa shape index (κ1) is 13.9. The van der Waals surface area contributed by atoms with E-state index in [1.54, 1.807) is 18.2 Å². The van der Waals surface area contributed by atoms with Gasteiger partial charge in [-0.25, -0.2) is 0 Å². The van der Waals surface area contributed by atoms with Crippen molar-refractivity contribution in [2.24, 2.45) is 0 Å². The van der Waals surface area contributed by atoms with Gasteiger partial charge in [-0.2, -0.15) is 5.10 Å². The fraction of sp³-hybridized carbons (Fsp3) is 0.0588. The highest BCUT2D eigenvalue weighted by Gasteiger charge is 2.11. The number of nitrogens with zero attached hydrogens (tertiary/aromatic N) is 1. The van der Waals surface area contributed by atoms with Crippen LogP contribution in [0.3, 0.4) is 0 Å². The molecule has 0 saturated carbocycles. The van der Waals surface area contributed by atoms with Crippen LogP contribution in [0.2, 0.25) is 0 Å². The fourth-order valence-electron chi connectivity index (χ4n) is 2.10. The second-order valence-electron chi connectivity index (χ2n) is 4.70. The number of hydrogen-bond donors (Lipinski definition) is 2. The van der Waals surface area contributed by atoms with Gasteiger partial charge in [0.25, 0.3) is 5.91 Å². The van der Waals surface area contributed by atoms with Gasteiger partial charge in [0.1, 0.15) is 12.4 Å². The smallest absolute Gasteiger partial charge is 0.256 e. The third kappa shape index (κ3) is 2.83. The van der Waals surface area contributed by atoms with E-state index in [1.165, 1.54) is 0 Å². The molecular weight excluding hydrogens is 278 g/mol. The number of nitrogens with one attached hydrogen (secondary N) is 2. The normalized spacial score (nSPS) is 10.4. The van der Waals surface area contributed by atoms with E-state index in [2.05, 4.69) is 22.1 Å². The van der Waals surface area contributed by atoms with Gasteiger partial charge in [-0.15, -0.1) is 0 Å². The van der Waals surface area contributed by atoms with Crippen LogP contribution in [0.1, 0.15) is 10.4 Å². The summed E-state index contributed by atoms with van der Waals surface area (Å²) >= 11 is 0. The molecule has 0 aliphatic heterocycles. The standard InChI is InChI=1S/C17H15N3O2/c1-2-10-22-13-8-9-15-14(11-13)16(20-19-15)18-17(21)12-6-4-3-5-7-12/h2-9,11H,1,10H2,(H2,18,19,20,21). The van der Waals surface area contributed by atoms with Crippen LogP contribution >= 0.6 is 0 Å². The van der Waals surface area contributed by atoms with Gasteiger partial charge in [0.05, 0.1) is 5.52 Å². The zero-order valence-corrected chi connectivity index (χ0v) is 11.9. The summed E-state index contributed by atoms with van der Waals surface area (Å²) in [5.41, 5.74) is 1.41. The summed E-state index contributed by atoms with van der Waals surface area (Å²) < 4.78 is 5.50. The second-order valence-corrected chi connectivity index (χ2v) is 4.70. The van der Waals surface area contributed by atoms with Gasteiger partial charge in [0, 0.05) is 10.9 Å². The van der Waals surface area contributed by atoms with Crippen LogP contribution in [-0.2, 0) is 0 Å². The van der Waals surface area contributed by atoms with Crippen molar-refractivity contribution >= 4 is 22.6 Å². The Morgan fingerprint density at radius 3 is 2.86 bits per heavy atom. The summed E-state index contributed by atoms with van der Waals surface area (Å²) in [7, 11) is 0. The molecular formula is C17H15N3O2. The van der Waals surface area contributed by atoms with Crippen molar-refractivity contribution in [1.29, 1.82) is 0 Å². The SMILES string of the molecule is C=CCOc1ccc2[nH]nc(NC(=O)c3ccccc3)c2c1. The minimum absolute atomic E-state index is 0.202. The molecule has 110 valence electrons. The molecule has 0 fully saturated rings. The number of amides is 1. The molecule has 1 aromatic heterocycles. The summed E-state index contributed by atoms with van der Waals surface area (Å²) in [6.07, 6.45) is 1.68. The molecule has 0 aliphatic rings.